The van der Waals surface area contributed by atoms with Crippen molar-refractivity contribution in [1.82, 2.24) is 9.62 Å². The Bertz CT molecular complexity index is 297. The molecule has 0 aromatic rings. The second-order valence-corrected chi connectivity index (χ2v) is 4.28. The molecule has 17 heavy (non-hydrogen) atoms. The third-order valence-electron chi connectivity index (χ3n) is 2.48. The first-order valence-electron chi connectivity index (χ1n) is 5.22. The summed E-state index contributed by atoms with van der Waals surface area (Å²) in [6.45, 7) is 3.59. The van der Waals surface area contributed by atoms with Crippen molar-refractivity contribution in [3.63, 3.8) is 0 Å². The fraction of sp³-hybridized carbons (Fsp3) is 0.714. The van der Waals surface area contributed by atoms with Crippen LogP contribution in [0.15, 0.2) is 0 Å². The quantitative estimate of drug-likeness (QED) is 0.483. The average molecular weight is 254 g/mol. The van der Waals surface area contributed by atoms with E-state index >= 15 is 0 Å². The zero-order valence-electron chi connectivity index (χ0n) is 9.74. The van der Waals surface area contributed by atoms with E-state index < -0.39 is 26.1 Å². The first-order valence-corrected chi connectivity index (χ1v) is 5.63. The zero-order chi connectivity index (χ0) is 13.2. The normalized spacial score (nSPS) is 17.1. The van der Waals surface area contributed by atoms with Crippen LogP contribution in [0.3, 0.4) is 0 Å². The van der Waals surface area contributed by atoms with Crippen LogP contribution in [-0.2, 0) is 4.74 Å². The smallest absolute Gasteiger partial charge is 0.411 e. The van der Waals surface area contributed by atoms with Crippen LogP contribution in [0.2, 0.25) is 13.6 Å². The van der Waals surface area contributed by atoms with Gasteiger partial charge in [-0.1, -0.05) is 0 Å². The van der Waals surface area contributed by atoms with Gasteiger partial charge in [0.15, 0.2) is 5.11 Å². The highest BCUT2D eigenvalue weighted by Gasteiger charge is 2.36. The van der Waals surface area contributed by atoms with E-state index in [9.17, 15) is 14.8 Å². The minimum atomic E-state index is -0.890. The molecule has 1 aliphatic heterocycles. The lowest BCUT2D eigenvalue weighted by molar-refractivity contribution is 0.0902. The number of rotatable bonds is 3. The molecule has 1 saturated heterocycles. The van der Waals surface area contributed by atoms with Gasteiger partial charge < -0.3 is 24.4 Å². The van der Waals surface area contributed by atoms with Gasteiger partial charge in [-0.05, 0) is 25.9 Å². The maximum Gasteiger partial charge on any atom is 0.411 e. The van der Waals surface area contributed by atoms with Crippen LogP contribution < -0.4 is 0 Å². The zero-order valence-corrected chi connectivity index (χ0v) is 10.6. The van der Waals surface area contributed by atoms with Crippen LogP contribution in [0.1, 0.15) is 0 Å². The van der Waals surface area contributed by atoms with Crippen molar-refractivity contribution in [2.75, 3.05) is 13.1 Å². The Morgan fingerprint density at radius 3 is 2.12 bits per heavy atom. The van der Waals surface area contributed by atoms with Gasteiger partial charge in [-0.25, -0.2) is 0 Å². The molecule has 1 fully saturated rings. The Labute approximate surface area is 108 Å². The summed E-state index contributed by atoms with van der Waals surface area (Å²) in [5, 5.41) is 19.4. The molecule has 0 saturated carbocycles. The molecule has 1 rings (SSSR count). The van der Waals surface area contributed by atoms with Crippen molar-refractivity contribution < 1.29 is 19.6 Å². The highest BCUT2D eigenvalue weighted by Crippen LogP contribution is 2.14. The fourth-order valence-electron chi connectivity index (χ4n) is 1.68. The van der Waals surface area contributed by atoms with Gasteiger partial charge >= 0.3 is 14.1 Å². The van der Waals surface area contributed by atoms with E-state index in [1.54, 1.807) is 13.6 Å². The van der Waals surface area contributed by atoms with Crippen LogP contribution in [0.5, 0.6) is 0 Å². The van der Waals surface area contributed by atoms with Gasteiger partial charge in [0.25, 0.3) is 0 Å². The molecule has 2 N–H and O–H groups in total. The summed E-state index contributed by atoms with van der Waals surface area (Å²) in [4.78, 5) is 13.6. The second-order valence-electron chi connectivity index (χ2n) is 3.91. The SMILES string of the molecule is [B]C(=O)OC1CN(B(C)O)C(=S)N(B(C)O)C1. The summed E-state index contributed by atoms with van der Waals surface area (Å²) >= 11 is 5.13. The van der Waals surface area contributed by atoms with Crippen LogP contribution in [0.25, 0.3) is 0 Å². The molecule has 1 heterocycles. The topological polar surface area (TPSA) is 73.2 Å². The molecule has 10 heteroatoms. The van der Waals surface area contributed by atoms with E-state index in [0.717, 1.165) is 0 Å². The van der Waals surface area contributed by atoms with Gasteiger partial charge in [-0.3, -0.25) is 4.79 Å². The van der Waals surface area contributed by atoms with Crippen LogP contribution in [0.4, 0.5) is 4.79 Å². The predicted octanol–water partition coefficient (Wildman–Crippen LogP) is -1.22. The van der Waals surface area contributed by atoms with E-state index in [0.29, 0.717) is 5.11 Å². The van der Waals surface area contributed by atoms with E-state index in [1.165, 1.54) is 9.62 Å². The maximum absolute atomic E-state index is 10.7. The molecule has 0 unspecified atom stereocenters. The summed E-state index contributed by atoms with van der Waals surface area (Å²) < 4.78 is 4.87. The van der Waals surface area contributed by atoms with Crippen LogP contribution >= 0.6 is 12.2 Å². The first kappa shape index (κ1) is 14.3. The number of thiocarbonyl (C=S) groups is 1. The van der Waals surface area contributed by atoms with Gasteiger partial charge in [0.2, 0.25) is 13.7 Å². The van der Waals surface area contributed by atoms with Gasteiger partial charge in [-0.15, -0.1) is 0 Å². The second kappa shape index (κ2) is 5.75. The summed E-state index contributed by atoms with van der Waals surface area (Å²) in [5.74, 6) is -0.890. The Hall–Kier alpha value is -0.725. The molecule has 0 spiro atoms. The Morgan fingerprint density at radius 1 is 1.41 bits per heavy atom. The molecular formula is C7H13B3N2O4S. The van der Waals surface area contributed by atoms with E-state index in [2.05, 4.69) is 0 Å². The molecule has 0 aromatic heterocycles. The first-order chi connectivity index (χ1) is 7.82. The molecule has 0 aromatic carbocycles. The third kappa shape index (κ3) is 3.62. The molecule has 0 bridgehead atoms. The van der Waals surface area contributed by atoms with Crippen molar-refractivity contribution in [3.05, 3.63) is 0 Å². The number of carbonyl (C=O) groups excluding carboxylic acids is 1. The standard InChI is InChI=1S/C7H13B3N2O4S/c1-9(14)11-3-5(16-6(8)13)4-12(7(11)17)10(2)15/h5,14-15H,3-4H2,1-2H3. The van der Waals surface area contributed by atoms with E-state index in [1.807, 2.05) is 0 Å². The molecule has 0 atom stereocenters. The predicted molar refractivity (Wildman–Crippen MR) is 69.7 cm³/mol. The average Bonchev–Trinajstić information content (AvgIpc) is 2.18. The van der Waals surface area contributed by atoms with Crippen molar-refractivity contribution >= 4 is 45.1 Å². The molecule has 1 aliphatic rings. The summed E-state index contributed by atoms with van der Waals surface area (Å²) in [7, 11) is 3.28. The van der Waals surface area contributed by atoms with E-state index in [-0.39, 0.29) is 13.1 Å². The number of hydrogen-bond donors (Lipinski definition) is 2. The largest absolute Gasteiger partial charge is 0.468 e. The monoisotopic (exact) mass is 254 g/mol. The number of carbonyl (C=O) groups is 1. The van der Waals surface area contributed by atoms with Crippen molar-refractivity contribution in [2.45, 2.75) is 19.8 Å². The van der Waals surface area contributed by atoms with Crippen LogP contribution in [0, 0.1) is 0 Å². The maximum atomic E-state index is 10.7. The van der Waals surface area contributed by atoms with Crippen molar-refractivity contribution in [1.29, 1.82) is 0 Å². The number of ether oxygens (including phenoxy) is 1. The Morgan fingerprint density at radius 2 is 1.82 bits per heavy atom. The minimum absolute atomic E-state index is 0.253. The Kier molecular flexibility index (Phi) is 4.85. The van der Waals surface area contributed by atoms with Crippen molar-refractivity contribution in [3.8, 4) is 0 Å². The molecule has 6 nitrogen and oxygen atoms in total. The minimum Gasteiger partial charge on any atom is -0.468 e. The highest BCUT2D eigenvalue weighted by atomic mass is 32.1. The lowest BCUT2D eigenvalue weighted by Crippen LogP contribution is -2.63. The van der Waals surface area contributed by atoms with Gasteiger partial charge in [0.1, 0.15) is 6.10 Å². The highest BCUT2D eigenvalue weighted by molar-refractivity contribution is 7.80. The summed E-state index contributed by atoms with van der Waals surface area (Å²) in [6, 6.07) is 0. The molecule has 0 amide bonds. The van der Waals surface area contributed by atoms with Gasteiger partial charge in [-0.2, -0.15) is 0 Å². The lowest BCUT2D eigenvalue weighted by Gasteiger charge is -2.43. The molecule has 2 radical (unpaired) electrons. The number of nitrogens with zero attached hydrogens (tertiary/aromatic N) is 2. The molecular weight excluding hydrogens is 241 g/mol. The summed E-state index contributed by atoms with van der Waals surface area (Å²) in [6.07, 6.45) is -0.539. The molecule has 90 valence electrons. The summed E-state index contributed by atoms with van der Waals surface area (Å²) in [5.41, 5.74) is 0. The fourth-order valence-corrected chi connectivity index (χ4v) is 2.14. The van der Waals surface area contributed by atoms with Gasteiger partial charge in [0, 0.05) is 13.1 Å². The molecule has 0 aliphatic carbocycles. The third-order valence-corrected chi connectivity index (χ3v) is 2.95. The Balaban J connectivity index is 2.80. The van der Waals surface area contributed by atoms with Crippen LogP contribution in [-0.4, -0.2) is 71.8 Å². The van der Waals surface area contributed by atoms with E-state index in [4.69, 9.17) is 24.8 Å². The van der Waals surface area contributed by atoms with Gasteiger partial charge in [0.05, 0.1) is 0 Å². The lowest BCUT2D eigenvalue weighted by atomic mass is 9.80. The van der Waals surface area contributed by atoms with Crippen molar-refractivity contribution in [2.24, 2.45) is 0 Å². The number of hydrogen-bond acceptors (Lipinski definition) is 5.